The molecule has 0 spiro atoms. The molecule has 1 aliphatic heterocycles. The Bertz CT molecular complexity index is 788. The average Bonchev–Trinajstić information content (AvgIpc) is 3.12. The fourth-order valence-corrected chi connectivity index (χ4v) is 3.43. The van der Waals surface area contributed by atoms with Crippen LogP contribution in [-0.2, 0) is 11.3 Å². The van der Waals surface area contributed by atoms with Crippen LogP contribution in [0.3, 0.4) is 0 Å². The molecule has 0 aromatic carbocycles. The first-order chi connectivity index (χ1) is 13.0. The van der Waals surface area contributed by atoms with E-state index in [9.17, 15) is 9.59 Å². The van der Waals surface area contributed by atoms with Gasteiger partial charge in [0, 0.05) is 50.1 Å². The van der Waals surface area contributed by atoms with E-state index in [-0.39, 0.29) is 23.8 Å². The van der Waals surface area contributed by atoms with Crippen molar-refractivity contribution in [2.45, 2.75) is 46.2 Å². The number of pyridine rings is 1. The van der Waals surface area contributed by atoms with Gasteiger partial charge >= 0.3 is 0 Å². The van der Waals surface area contributed by atoms with E-state index >= 15 is 0 Å². The molecule has 3 rings (SSSR count). The molecular weight excluding hydrogens is 344 g/mol. The molecular formula is C20H26N4O3. The van der Waals surface area contributed by atoms with Crippen molar-refractivity contribution in [3.63, 3.8) is 0 Å². The van der Waals surface area contributed by atoms with Crippen LogP contribution in [0.4, 0.5) is 0 Å². The lowest BCUT2D eigenvalue weighted by molar-refractivity contribution is -0.138. The molecule has 1 unspecified atom stereocenters. The van der Waals surface area contributed by atoms with Gasteiger partial charge in [0.2, 0.25) is 5.91 Å². The molecule has 2 aromatic heterocycles. The molecule has 7 nitrogen and oxygen atoms in total. The second kappa shape index (κ2) is 8.33. The summed E-state index contributed by atoms with van der Waals surface area (Å²) in [6, 6.07) is 5.47. The Morgan fingerprint density at radius 1 is 1.41 bits per heavy atom. The van der Waals surface area contributed by atoms with E-state index in [1.807, 2.05) is 30.9 Å². The number of carbonyl (C=O) groups is 2. The van der Waals surface area contributed by atoms with Crippen LogP contribution in [0.1, 0.15) is 48.5 Å². The third-order valence-corrected chi connectivity index (χ3v) is 4.82. The maximum absolute atomic E-state index is 12.9. The first-order valence-electron chi connectivity index (χ1n) is 9.37. The zero-order chi connectivity index (χ0) is 19.4. The molecule has 2 aromatic rings. The summed E-state index contributed by atoms with van der Waals surface area (Å²) in [6.45, 7) is 7.24. The minimum Gasteiger partial charge on any atom is -0.361 e. The molecule has 0 radical (unpaired) electrons. The predicted octanol–water partition coefficient (Wildman–Crippen LogP) is 2.67. The maximum atomic E-state index is 12.9. The van der Waals surface area contributed by atoms with Crippen LogP contribution < -0.4 is 0 Å². The van der Waals surface area contributed by atoms with Gasteiger partial charge in [0.15, 0.2) is 5.69 Å². The first-order valence-corrected chi connectivity index (χ1v) is 9.37. The van der Waals surface area contributed by atoms with Crippen LogP contribution in [0.15, 0.2) is 35.1 Å². The normalized spacial score (nSPS) is 17.2. The van der Waals surface area contributed by atoms with Gasteiger partial charge in [-0.1, -0.05) is 25.1 Å². The average molecular weight is 370 g/mol. The Morgan fingerprint density at radius 2 is 2.22 bits per heavy atom. The van der Waals surface area contributed by atoms with E-state index in [0.29, 0.717) is 31.1 Å². The number of hydrogen-bond donors (Lipinski definition) is 0. The molecule has 1 fully saturated rings. The zero-order valence-electron chi connectivity index (χ0n) is 16.1. The van der Waals surface area contributed by atoms with Crippen LogP contribution in [-0.4, -0.2) is 50.9 Å². The van der Waals surface area contributed by atoms with Crippen molar-refractivity contribution in [1.82, 2.24) is 19.9 Å². The lowest BCUT2D eigenvalue weighted by Crippen LogP contribution is -2.52. The summed E-state index contributed by atoms with van der Waals surface area (Å²) in [6.07, 6.45) is 5.23. The van der Waals surface area contributed by atoms with Crippen LogP contribution in [0, 0.1) is 12.8 Å². The fourth-order valence-electron chi connectivity index (χ4n) is 3.43. The minimum absolute atomic E-state index is 0.0224. The monoisotopic (exact) mass is 370 g/mol. The molecule has 0 saturated carbocycles. The summed E-state index contributed by atoms with van der Waals surface area (Å²) in [4.78, 5) is 33.4. The molecule has 27 heavy (non-hydrogen) atoms. The number of aromatic nitrogens is 2. The van der Waals surface area contributed by atoms with Gasteiger partial charge in [-0.3, -0.25) is 14.6 Å². The standard InChI is InChI=1S/C20H26N4O3/c1-14(2)19(25)24(12-16-6-4-8-21-11-16)17-7-5-9-23(13-17)20(26)18-10-15(3)27-22-18/h4,6,8,10-11,14,17H,5,7,9,12-13H2,1-3H3. The molecule has 0 aliphatic carbocycles. The van der Waals surface area contributed by atoms with Crippen molar-refractivity contribution in [3.05, 3.63) is 47.6 Å². The molecule has 1 atom stereocenters. The third kappa shape index (κ3) is 4.53. The molecule has 144 valence electrons. The van der Waals surface area contributed by atoms with Crippen LogP contribution >= 0.6 is 0 Å². The van der Waals surface area contributed by atoms with Crippen molar-refractivity contribution >= 4 is 11.8 Å². The highest BCUT2D eigenvalue weighted by molar-refractivity contribution is 5.92. The minimum atomic E-state index is -0.144. The van der Waals surface area contributed by atoms with E-state index in [2.05, 4.69) is 10.1 Å². The van der Waals surface area contributed by atoms with E-state index in [0.717, 1.165) is 18.4 Å². The number of carbonyl (C=O) groups excluding carboxylic acids is 2. The Labute approximate surface area is 159 Å². The van der Waals surface area contributed by atoms with Gasteiger partial charge in [-0.25, -0.2) is 0 Å². The summed E-state index contributed by atoms with van der Waals surface area (Å²) >= 11 is 0. The van der Waals surface area contributed by atoms with Gasteiger partial charge < -0.3 is 14.3 Å². The largest absolute Gasteiger partial charge is 0.361 e. The summed E-state index contributed by atoms with van der Waals surface area (Å²) in [5, 5.41) is 3.84. The lowest BCUT2D eigenvalue weighted by Gasteiger charge is -2.40. The van der Waals surface area contributed by atoms with E-state index in [4.69, 9.17) is 4.52 Å². The lowest BCUT2D eigenvalue weighted by atomic mass is 10.0. The molecule has 3 heterocycles. The second-order valence-electron chi connectivity index (χ2n) is 7.35. The summed E-state index contributed by atoms with van der Waals surface area (Å²) in [5.41, 5.74) is 1.31. The number of piperidine rings is 1. The van der Waals surface area contributed by atoms with Crippen molar-refractivity contribution in [1.29, 1.82) is 0 Å². The molecule has 0 bridgehead atoms. The smallest absolute Gasteiger partial charge is 0.276 e. The Morgan fingerprint density at radius 3 is 2.85 bits per heavy atom. The summed E-state index contributed by atoms with van der Waals surface area (Å²) in [5.74, 6) is 0.455. The number of amides is 2. The maximum Gasteiger partial charge on any atom is 0.276 e. The fraction of sp³-hybridized carbons (Fsp3) is 0.500. The highest BCUT2D eigenvalue weighted by Gasteiger charge is 2.32. The van der Waals surface area contributed by atoms with Crippen molar-refractivity contribution in [2.24, 2.45) is 5.92 Å². The number of rotatable bonds is 5. The van der Waals surface area contributed by atoms with Crippen LogP contribution in [0.2, 0.25) is 0 Å². The Kier molecular flexibility index (Phi) is 5.88. The molecule has 2 amide bonds. The van der Waals surface area contributed by atoms with Crippen molar-refractivity contribution in [3.8, 4) is 0 Å². The van der Waals surface area contributed by atoms with Gasteiger partial charge in [0.05, 0.1) is 0 Å². The molecule has 1 aliphatic rings. The van der Waals surface area contributed by atoms with E-state index < -0.39 is 0 Å². The topological polar surface area (TPSA) is 79.5 Å². The van der Waals surface area contributed by atoms with Gasteiger partial charge in [-0.15, -0.1) is 0 Å². The summed E-state index contributed by atoms with van der Waals surface area (Å²) < 4.78 is 5.03. The first kappa shape index (κ1) is 19.1. The second-order valence-corrected chi connectivity index (χ2v) is 7.35. The zero-order valence-corrected chi connectivity index (χ0v) is 16.1. The highest BCUT2D eigenvalue weighted by Crippen LogP contribution is 2.22. The van der Waals surface area contributed by atoms with E-state index in [1.165, 1.54) is 0 Å². The van der Waals surface area contributed by atoms with Gasteiger partial charge in [0.1, 0.15) is 5.76 Å². The SMILES string of the molecule is Cc1cc(C(=O)N2CCCC(N(Cc3cccnc3)C(=O)C(C)C)C2)no1. The van der Waals surface area contributed by atoms with E-state index in [1.54, 1.807) is 30.3 Å². The van der Waals surface area contributed by atoms with Crippen molar-refractivity contribution < 1.29 is 14.1 Å². The quantitative estimate of drug-likeness (QED) is 0.808. The number of hydrogen-bond acceptors (Lipinski definition) is 5. The van der Waals surface area contributed by atoms with Crippen molar-refractivity contribution in [2.75, 3.05) is 13.1 Å². The third-order valence-electron chi connectivity index (χ3n) is 4.82. The number of nitrogens with zero attached hydrogens (tertiary/aromatic N) is 4. The molecule has 0 N–H and O–H groups in total. The van der Waals surface area contributed by atoms with Gasteiger partial charge in [-0.05, 0) is 31.4 Å². The number of aryl methyl sites for hydroxylation is 1. The van der Waals surface area contributed by atoms with Gasteiger partial charge in [-0.2, -0.15) is 0 Å². The molecule has 1 saturated heterocycles. The summed E-state index contributed by atoms with van der Waals surface area (Å²) in [7, 11) is 0. The van der Waals surface area contributed by atoms with Gasteiger partial charge in [0.25, 0.3) is 5.91 Å². The Hall–Kier alpha value is -2.70. The predicted molar refractivity (Wildman–Crippen MR) is 99.8 cm³/mol. The Balaban J connectivity index is 1.77. The van der Waals surface area contributed by atoms with Crippen LogP contribution in [0.5, 0.6) is 0 Å². The van der Waals surface area contributed by atoms with Crippen LogP contribution in [0.25, 0.3) is 0 Å². The highest BCUT2D eigenvalue weighted by atomic mass is 16.5. The number of likely N-dealkylation sites (tertiary alicyclic amines) is 1. The molecule has 7 heteroatoms.